The Morgan fingerprint density at radius 1 is 1.10 bits per heavy atom. The van der Waals surface area contributed by atoms with E-state index in [4.69, 9.17) is 4.74 Å². The minimum Gasteiger partial charge on any atom is -0.379 e. The number of hydrogen-bond donors (Lipinski definition) is 0. The molecule has 2 unspecified atom stereocenters. The zero-order valence-electron chi connectivity index (χ0n) is 14.0. The van der Waals surface area contributed by atoms with Crippen LogP contribution >= 0.6 is 0 Å². The number of unbranched alkanes of at least 4 members (excludes halogenated alkanes) is 1. The van der Waals surface area contributed by atoms with Crippen molar-refractivity contribution in [2.45, 2.75) is 71.6 Å². The first-order valence-electron chi connectivity index (χ1n) is 8.67. The fourth-order valence-corrected chi connectivity index (χ4v) is 3.73. The van der Waals surface area contributed by atoms with Gasteiger partial charge in [0.05, 0.1) is 6.10 Å². The van der Waals surface area contributed by atoms with Crippen molar-refractivity contribution in [2.75, 3.05) is 32.8 Å². The molecule has 0 aromatic carbocycles. The normalized spacial score (nSPS) is 28.5. The van der Waals surface area contributed by atoms with Crippen LogP contribution in [0.5, 0.6) is 0 Å². The molecule has 0 spiro atoms. The molecule has 3 heteroatoms. The van der Waals surface area contributed by atoms with E-state index in [1.165, 1.54) is 51.9 Å². The zero-order valence-corrected chi connectivity index (χ0v) is 14.0. The smallest absolute Gasteiger partial charge is 0.0518 e. The molecule has 0 amide bonds. The number of ether oxygens (including phenoxy) is 1. The van der Waals surface area contributed by atoms with E-state index in [-0.39, 0.29) is 0 Å². The summed E-state index contributed by atoms with van der Waals surface area (Å²) in [6.07, 6.45) is 5.68. The highest BCUT2D eigenvalue weighted by Crippen LogP contribution is 2.27. The predicted molar refractivity (Wildman–Crippen MR) is 85.1 cm³/mol. The topological polar surface area (TPSA) is 15.7 Å². The molecule has 0 saturated carbocycles. The lowest BCUT2D eigenvalue weighted by molar-refractivity contribution is 0.0245. The van der Waals surface area contributed by atoms with Crippen LogP contribution in [0.1, 0.15) is 53.4 Å². The maximum atomic E-state index is 5.65. The Morgan fingerprint density at radius 3 is 2.60 bits per heavy atom. The Morgan fingerprint density at radius 2 is 1.90 bits per heavy atom. The monoisotopic (exact) mass is 282 g/mol. The Balaban J connectivity index is 1.75. The van der Waals surface area contributed by atoms with Gasteiger partial charge in [0.1, 0.15) is 0 Å². The summed E-state index contributed by atoms with van der Waals surface area (Å²) in [5.41, 5.74) is 0. The molecule has 2 rings (SSSR count). The molecule has 118 valence electrons. The molecule has 0 N–H and O–H groups in total. The van der Waals surface area contributed by atoms with Crippen molar-refractivity contribution in [2.24, 2.45) is 5.92 Å². The van der Waals surface area contributed by atoms with Crippen molar-refractivity contribution < 1.29 is 4.74 Å². The van der Waals surface area contributed by atoms with Crippen molar-refractivity contribution in [1.82, 2.24) is 9.80 Å². The van der Waals surface area contributed by atoms with E-state index in [2.05, 4.69) is 37.5 Å². The lowest BCUT2D eigenvalue weighted by Crippen LogP contribution is -2.57. The molecule has 0 aromatic heterocycles. The van der Waals surface area contributed by atoms with Crippen molar-refractivity contribution in [3.63, 3.8) is 0 Å². The molecular formula is C17H34N2O. The summed E-state index contributed by atoms with van der Waals surface area (Å²) >= 11 is 0. The molecule has 0 aliphatic carbocycles. The van der Waals surface area contributed by atoms with Crippen LogP contribution in [-0.2, 0) is 4.74 Å². The second-order valence-electron chi connectivity index (χ2n) is 7.22. The van der Waals surface area contributed by atoms with E-state index in [9.17, 15) is 0 Å². The average Bonchev–Trinajstić information content (AvgIpc) is 2.83. The minimum absolute atomic E-state index is 0.375. The van der Waals surface area contributed by atoms with Crippen LogP contribution in [0.4, 0.5) is 0 Å². The highest BCUT2D eigenvalue weighted by atomic mass is 16.5. The second kappa shape index (κ2) is 7.77. The summed E-state index contributed by atoms with van der Waals surface area (Å²) in [6.45, 7) is 15.1. The Bertz CT molecular complexity index is 280. The molecule has 2 fully saturated rings. The van der Waals surface area contributed by atoms with Gasteiger partial charge in [-0.1, -0.05) is 13.8 Å². The quantitative estimate of drug-likeness (QED) is 0.668. The van der Waals surface area contributed by atoms with E-state index < -0.39 is 0 Å². The van der Waals surface area contributed by atoms with E-state index >= 15 is 0 Å². The van der Waals surface area contributed by atoms with E-state index in [0.717, 1.165) is 24.6 Å². The lowest BCUT2D eigenvalue weighted by Gasteiger charge is -2.45. The highest BCUT2D eigenvalue weighted by molar-refractivity contribution is 4.93. The SMILES string of the molecule is CC(C)OCCCCN1CC2CCCN2CC1C(C)C. The van der Waals surface area contributed by atoms with Crippen molar-refractivity contribution in [3.8, 4) is 0 Å². The molecule has 2 aliphatic rings. The van der Waals surface area contributed by atoms with Gasteiger partial charge in [0, 0.05) is 31.8 Å². The van der Waals surface area contributed by atoms with Gasteiger partial charge in [-0.05, 0) is 58.5 Å². The van der Waals surface area contributed by atoms with Gasteiger partial charge in [-0.2, -0.15) is 0 Å². The second-order valence-corrected chi connectivity index (χ2v) is 7.22. The molecule has 0 aromatic rings. The molecule has 2 saturated heterocycles. The first-order valence-corrected chi connectivity index (χ1v) is 8.67. The number of piperazine rings is 1. The first-order chi connectivity index (χ1) is 9.58. The van der Waals surface area contributed by atoms with Gasteiger partial charge in [0.25, 0.3) is 0 Å². The number of hydrogen-bond acceptors (Lipinski definition) is 3. The van der Waals surface area contributed by atoms with Crippen LogP contribution in [-0.4, -0.2) is 60.8 Å². The fourth-order valence-electron chi connectivity index (χ4n) is 3.73. The third-order valence-electron chi connectivity index (χ3n) is 4.90. The Hall–Kier alpha value is -0.120. The molecule has 3 nitrogen and oxygen atoms in total. The van der Waals surface area contributed by atoms with Gasteiger partial charge < -0.3 is 4.74 Å². The number of rotatable bonds is 7. The summed E-state index contributed by atoms with van der Waals surface area (Å²) in [5, 5.41) is 0. The van der Waals surface area contributed by atoms with Crippen LogP contribution in [0.2, 0.25) is 0 Å². The van der Waals surface area contributed by atoms with Crippen molar-refractivity contribution >= 4 is 0 Å². The van der Waals surface area contributed by atoms with Crippen LogP contribution in [0, 0.1) is 5.92 Å². The average molecular weight is 282 g/mol. The largest absolute Gasteiger partial charge is 0.379 e. The molecule has 2 heterocycles. The van der Waals surface area contributed by atoms with Crippen molar-refractivity contribution in [1.29, 1.82) is 0 Å². The van der Waals surface area contributed by atoms with Gasteiger partial charge in [-0.3, -0.25) is 9.80 Å². The van der Waals surface area contributed by atoms with Crippen LogP contribution in [0.25, 0.3) is 0 Å². The molecule has 2 atom stereocenters. The van der Waals surface area contributed by atoms with Crippen molar-refractivity contribution in [3.05, 3.63) is 0 Å². The molecule has 20 heavy (non-hydrogen) atoms. The Labute approximate surface area is 125 Å². The first kappa shape index (κ1) is 16.3. The number of fused-ring (bicyclic) bond motifs is 1. The van der Waals surface area contributed by atoms with Gasteiger partial charge in [-0.15, -0.1) is 0 Å². The molecular weight excluding hydrogens is 248 g/mol. The fraction of sp³-hybridized carbons (Fsp3) is 1.00. The predicted octanol–water partition coefficient (Wildman–Crippen LogP) is 3.00. The minimum atomic E-state index is 0.375. The summed E-state index contributed by atoms with van der Waals surface area (Å²) in [6, 6.07) is 1.60. The van der Waals surface area contributed by atoms with Crippen LogP contribution in [0.3, 0.4) is 0 Å². The maximum Gasteiger partial charge on any atom is 0.0518 e. The summed E-state index contributed by atoms with van der Waals surface area (Å²) in [4.78, 5) is 5.51. The molecule has 0 bridgehead atoms. The molecule has 0 radical (unpaired) electrons. The highest BCUT2D eigenvalue weighted by Gasteiger charge is 2.36. The zero-order chi connectivity index (χ0) is 14.5. The standard InChI is InChI=1S/C17H34N2O/c1-14(2)17-13-18-10-7-8-16(18)12-19(17)9-5-6-11-20-15(3)4/h14-17H,5-13H2,1-4H3. The van der Waals surface area contributed by atoms with E-state index in [1.54, 1.807) is 0 Å². The number of nitrogens with zero attached hydrogens (tertiary/aromatic N) is 2. The third kappa shape index (κ3) is 4.44. The van der Waals surface area contributed by atoms with E-state index in [0.29, 0.717) is 6.10 Å². The summed E-state index contributed by atoms with van der Waals surface area (Å²) in [5.74, 6) is 0.767. The van der Waals surface area contributed by atoms with Gasteiger partial charge >= 0.3 is 0 Å². The van der Waals surface area contributed by atoms with Crippen LogP contribution < -0.4 is 0 Å². The summed E-state index contributed by atoms with van der Waals surface area (Å²) in [7, 11) is 0. The molecule has 2 aliphatic heterocycles. The van der Waals surface area contributed by atoms with Gasteiger partial charge in [0.15, 0.2) is 0 Å². The van der Waals surface area contributed by atoms with Gasteiger partial charge in [-0.25, -0.2) is 0 Å². The van der Waals surface area contributed by atoms with Crippen LogP contribution in [0.15, 0.2) is 0 Å². The van der Waals surface area contributed by atoms with E-state index in [1.807, 2.05) is 0 Å². The third-order valence-corrected chi connectivity index (χ3v) is 4.90. The summed E-state index contributed by atoms with van der Waals surface area (Å²) < 4.78 is 5.65. The Kier molecular flexibility index (Phi) is 6.31. The van der Waals surface area contributed by atoms with Gasteiger partial charge in [0.2, 0.25) is 0 Å². The maximum absolute atomic E-state index is 5.65. The lowest BCUT2D eigenvalue weighted by atomic mass is 9.97.